The fourth-order valence-corrected chi connectivity index (χ4v) is 2.63. The minimum atomic E-state index is -1.05. The zero-order chi connectivity index (χ0) is 18.8. The standard InChI is InChI=1S/C17H25Cl2N3O3/c1-3-22(4-2)9-5-8-20-15(17(24)25)11-16(23)21-12-6-7-13(18)14(19)10-12/h6-7,10,15,20H,3-5,8-9,11H2,1-2H3,(H,21,23)(H,24,25). The van der Waals surface area contributed by atoms with Crippen molar-refractivity contribution in [3.63, 3.8) is 0 Å². The molecule has 0 heterocycles. The average molecular weight is 390 g/mol. The fourth-order valence-electron chi connectivity index (χ4n) is 2.34. The molecule has 0 fully saturated rings. The van der Waals surface area contributed by atoms with E-state index in [9.17, 15) is 14.7 Å². The second kappa shape index (κ2) is 11.3. The summed E-state index contributed by atoms with van der Waals surface area (Å²) < 4.78 is 0. The Labute approximate surface area is 158 Å². The van der Waals surface area contributed by atoms with Crippen LogP contribution in [0.15, 0.2) is 18.2 Å². The third-order valence-electron chi connectivity index (χ3n) is 3.83. The molecular formula is C17H25Cl2N3O3. The summed E-state index contributed by atoms with van der Waals surface area (Å²) in [4.78, 5) is 25.7. The van der Waals surface area contributed by atoms with Gasteiger partial charge in [0.25, 0.3) is 0 Å². The number of anilines is 1. The molecule has 1 rings (SSSR count). The number of carbonyl (C=O) groups excluding carboxylic acids is 1. The van der Waals surface area contributed by atoms with Gasteiger partial charge in [0.2, 0.25) is 5.91 Å². The lowest BCUT2D eigenvalue weighted by molar-refractivity contribution is -0.141. The number of rotatable bonds is 11. The Bertz CT molecular complexity index is 580. The van der Waals surface area contributed by atoms with Gasteiger partial charge in [0, 0.05) is 5.69 Å². The second-order valence-electron chi connectivity index (χ2n) is 5.61. The van der Waals surface area contributed by atoms with Crippen molar-refractivity contribution in [2.24, 2.45) is 0 Å². The zero-order valence-electron chi connectivity index (χ0n) is 14.5. The second-order valence-corrected chi connectivity index (χ2v) is 6.42. The number of halogens is 2. The lowest BCUT2D eigenvalue weighted by atomic mass is 10.2. The first-order valence-electron chi connectivity index (χ1n) is 8.30. The van der Waals surface area contributed by atoms with Crippen LogP contribution < -0.4 is 10.6 Å². The summed E-state index contributed by atoms with van der Waals surface area (Å²) in [5.41, 5.74) is 0.477. The fraction of sp³-hybridized carbons (Fsp3) is 0.529. The van der Waals surface area contributed by atoms with E-state index in [1.165, 1.54) is 6.07 Å². The van der Waals surface area contributed by atoms with E-state index in [-0.39, 0.29) is 6.42 Å². The van der Waals surface area contributed by atoms with Crippen molar-refractivity contribution in [3.8, 4) is 0 Å². The summed E-state index contributed by atoms with van der Waals surface area (Å²) in [5.74, 6) is -1.45. The highest BCUT2D eigenvalue weighted by Crippen LogP contribution is 2.25. The van der Waals surface area contributed by atoms with Crippen molar-refractivity contribution in [2.45, 2.75) is 32.7 Å². The molecule has 0 aliphatic heterocycles. The van der Waals surface area contributed by atoms with E-state index in [0.29, 0.717) is 22.3 Å². The van der Waals surface area contributed by atoms with Gasteiger partial charge in [-0.15, -0.1) is 0 Å². The molecule has 0 aliphatic rings. The maximum absolute atomic E-state index is 12.1. The number of carboxylic acid groups (broad SMARTS) is 1. The summed E-state index contributed by atoms with van der Waals surface area (Å²) in [6.45, 7) is 7.53. The van der Waals surface area contributed by atoms with Crippen LogP contribution in [0.25, 0.3) is 0 Å². The summed E-state index contributed by atoms with van der Waals surface area (Å²) >= 11 is 11.7. The van der Waals surface area contributed by atoms with Crippen LogP contribution in [-0.2, 0) is 9.59 Å². The molecule has 140 valence electrons. The Morgan fingerprint density at radius 3 is 2.44 bits per heavy atom. The Kier molecular flexibility index (Phi) is 9.82. The van der Waals surface area contributed by atoms with Crippen molar-refractivity contribution in [2.75, 3.05) is 31.5 Å². The van der Waals surface area contributed by atoms with Crippen molar-refractivity contribution >= 4 is 40.8 Å². The molecule has 6 nitrogen and oxygen atoms in total. The predicted octanol–water partition coefficient (Wildman–Crippen LogP) is 3.10. The third-order valence-corrected chi connectivity index (χ3v) is 4.57. The summed E-state index contributed by atoms with van der Waals surface area (Å²) in [7, 11) is 0. The van der Waals surface area contributed by atoms with Gasteiger partial charge in [-0.1, -0.05) is 37.0 Å². The lowest BCUT2D eigenvalue weighted by Gasteiger charge is -2.19. The maximum Gasteiger partial charge on any atom is 0.321 e. The van der Waals surface area contributed by atoms with Gasteiger partial charge < -0.3 is 20.6 Å². The quantitative estimate of drug-likeness (QED) is 0.506. The smallest absolute Gasteiger partial charge is 0.321 e. The molecule has 1 aromatic carbocycles. The molecule has 8 heteroatoms. The number of hydrogen-bond acceptors (Lipinski definition) is 4. The molecule has 1 atom stereocenters. The van der Waals surface area contributed by atoms with Crippen LogP contribution in [0.2, 0.25) is 10.0 Å². The molecule has 0 radical (unpaired) electrons. The van der Waals surface area contributed by atoms with Crippen LogP contribution in [0.3, 0.4) is 0 Å². The molecule has 3 N–H and O–H groups in total. The highest BCUT2D eigenvalue weighted by Gasteiger charge is 2.20. The van der Waals surface area contributed by atoms with E-state index in [2.05, 4.69) is 29.4 Å². The molecule has 0 aromatic heterocycles. The van der Waals surface area contributed by atoms with Gasteiger partial charge >= 0.3 is 5.97 Å². The number of carbonyl (C=O) groups is 2. The summed E-state index contributed by atoms with van der Waals surface area (Å²) in [6, 6.07) is 3.77. The first-order valence-corrected chi connectivity index (χ1v) is 9.06. The van der Waals surface area contributed by atoms with Crippen LogP contribution in [0, 0.1) is 0 Å². The largest absolute Gasteiger partial charge is 0.480 e. The van der Waals surface area contributed by atoms with Crippen molar-refractivity contribution in [1.29, 1.82) is 0 Å². The van der Waals surface area contributed by atoms with Gasteiger partial charge in [0.15, 0.2) is 0 Å². The van der Waals surface area contributed by atoms with E-state index >= 15 is 0 Å². The van der Waals surface area contributed by atoms with Crippen LogP contribution in [0.1, 0.15) is 26.7 Å². The Morgan fingerprint density at radius 2 is 1.88 bits per heavy atom. The van der Waals surface area contributed by atoms with Gasteiger partial charge in [0.05, 0.1) is 16.5 Å². The molecule has 0 saturated carbocycles. The van der Waals surface area contributed by atoms with Gasteiger partial charge in [-0.2, -0.15) is 0 Å². The number of nitrogens with one attached hydrogen (secondary N) is 2. The van der Waals surface area contributed by atoms with Crippen LogP contribution in [0.4, 0.5) is 5.69 Å². The third kappa shape index (κ3) is 8.05. The molecule has 25 heavy (non-hydrogen) atoms. The Balaban J connectivity index is 2.46. The van der Waals surface area contributed by atoms with E-state index in [4.69, 9.17) is 23.2 Å². The minimum absolute atomic E-state index is 0.166. The predicted molar refractivity (Wildman–Crippen MR) is 102 cm³/mol. The molecule has 0 saturated heterocycles. The first kappa shape index (κ1) is 21.7. The molecular weight excluding hydrogens is 365 g/mol. The number of benzene rings is 1. The molecule has 1 unspecified atom stereocenters. The highest BCUT2D eigenvalue weighted by atomic mass is 35.5. The number of hydrogen-bond donors (Lipinski definition) is 3. The molecule has 1 amide bonds. The van der Waals surface area contributed by atoms with Crippen LogP contribution in [-0.4, -0.2) is 54.1 Å². The van der Waals surface area contributed by atoms with Gasteiger partial charge in [0.1, 0.15) is 6.04 Å². The topological polar surface area (TPSA) is 81.7 Å². The van der Waals surface area contributed by atoms with E-state index in [1.807, 2.05) is 0 Å². The summed E-state index contributed by atoms with van der Waals surface area (Å²) in [6.07, 6.45) is 0.653. The number of carboxylic acids is 1. The summed E-state index contributed by atoms with van der Waals surface area (Å²) in [5, 5.41) is 15.5. The van der Waals surface area contributed by atoms with E-state index < -0.39 is 17.9 Å². The van der Waals surface area contributed by atoms with Crippen molar-refractivity contribution in [1.82, 2.24) is 10.2 Å². The zero-order valence-corrected chi connectivity index (χ0v) is 16.0. The van der Waals surface area contributed by atoms with Gasteiger partial charge in [-0.05, 0) is 50.8 Å². The van der Waals surface area contributed by atoms with Gasteiger partial charge in [-0.3, -0.25) is 9.59 Å². The molecule has 0 bridgehead atoms. The highest BCUT2D eigenvalue weighted by molar-refractivity contribution is 6.42. The normalized spacial score (nSPS) is 12.2. The maximum atomic E-state index is 12.1. The van der Waals surface area contributed by atoms with Crippen molar-refractivity contribution in [3.05, 3.63) is 28.2 Å². The molecule has 0 aliphatic carbocycles. The number of amides is 1. The van der Waals surface area contributed by atoms with Crippen LogP contribution >= 0.6 is 23.2 Å². The molecule has 1 aromatic rings. The lowest BCUT2D eigenvalue weighted by Crippen LogP contribution is -2.41. The monoisotopic (exact) mass is 389 g/mol. The average Bonchev–Trinajstić information content (AvgIpc) is 2.57. The minimum Gasteiger partial charge on any atom is -0.480 e. The number of aliphatic carboxylic acids is 1. The number of nitrogens with zero attached hydrogens (tertiary/aromatic N) is 1. The van der Waals surface area contributed by atoms with E-state index in [1.54, 1.807) is 12.1 Å². The molecule has 0 spiro atoms. The first-order chi connectivity index (χ1) is 11.9. The Morgan fingerprint density at radius 1 is 1.20 bits per heavy atom. The van der Waals surface area contributed by atoms with E-state index in [0.717, 1.165) is 26.1 Å². The SMILES string of the molecule is CCN(CC)CCCNC(CC(=O)Nc1ccc(Cl)c(Cl)c1)C(=O)O. The van der Waals surface area contributed by atoms with Crippen LogP contribution in [0.5, 0.6) is 0 Å². The van der Waals surface area contributed by atoms with Gasteiger partial charge in [-0.25, -0.2) is 0 Å². The Hall–Kier alpha value is -1.34. The van der Waals surface area contributed by atoms with Crippen molar-refractivity contribution < 1.29 is 14.7 Å².